The molecule has 0 fully saturated rings. The standard InChI is InChI=1S/C15H20ClN3O/c1-11-15(16)12(2)19(18-11)7-4-8-20-14-6-3-5-13(9-14)10-17/h3,5-6,9H,4,7-8,10,17H2,1-2H3. The van der Waals surface area contributed by atoms with Gasteiger partial charge in [0.05, 0.1) is 23.0 Å². The van der Waals surface area contributed by atoms with E-state index >= 15 is 0 Å². The minimum absolute atomic E-state index is 0.529. The fourth-order valence-electron chi connectivity index (χ4n) is 2.06. The molecule has 1 heterocycles. The Balaban J connectivity index is 1.82. The van der Waals surface area contributed by atoms with Crippen LogP contribution in [-0.4, -0.2) is 16.4 Å². The number of ether oxygens (including phenoxy) is 1. The van der Waals surface area contributed by atoms with Crippen LogP contribution in [0.4, 0.5) is 0 Å². The normalized spacial score (nSPS) is 10.8. The maximum Gasteiger partial charge on any atom is 0.119 e. The van der Waals surface area contributed by atoms with Crippen molar-refractivity contribution in [1.82, 2.24) is 9.78 Å². The number of benzene rings is 1. The Kier molecular flexibility index (Phi) is 5.04. The Bertz CT molecular complexity index is 580. The van der Waals surface area contributed by atoms with Crippen molar-refractivity contribution in [2.75, 3.05) is 6.61 Å². The molecule has 2 N–H and O–H groups in total. The largest absolute Gasteiger partial charge is 0.494 e. The molecule has 4 nitrogen and oxygen atoms in total. The molecule has 108 valence electrons. The van der Waals surface area contributed by atoms with E-state index in [2.05, 4.69) is 5.10 Å². The molecule has 0 radical (unpaired) electrons. The number of halogens is 1. The summed E-state index contributed by atoms with van der Waals surface area (Å²) < 4.78 is 7.65. The summed E-state index contributed by atoms with van der Waals surface area (Å²) in [7, 11) is 0. The molecule has 0 aliphatic rings. The molecule has 1 aromatic heterocycles. The zero-order valence-corrected chi connectivity index (χ0v) is 12.7. The molecule has 0 saturated carbocycles. The van der Waals surface area contributed by atoms with Gasteiger partial charge in [-0.05, 0) is 31.5 Å². The van der Waals surface area contributed by atoms with Gasteiger partial charge in [0.25, 0.3) is 0 Å². The number of aryl methyl sites for hydroxylation is 2. The van der Waals surface area contributed by atoms with Gasteiger partial charge in [-0.3, -0.25) is 4.68 Å². The van der Waals surface area contributed by atoms with Gasteiger partial charge in [0.2, 0.25) is 0 Å². The van der Waals surface area contributed by atoms with Gasteiger partial charge in [-0.25, -0.2) is 0 Å². The van der Waals surface area contributed by atoms with E-state index in [4.69, 9.17) is 22.1 Å². The Labute approximate surface area is 124 Å². The van der Waals surface area contributed by atoms with Crippen molar-refractivity contribution in [2.24, 2.45) is 5.73 Å². The smallest absolute Gasteiger partial charge is 0.119 e. The predicted molar refractivity (Wildman–Crippen MR) is 81.2 cm³/mol. The van der Waals surface area contributed by atoms with Crippen LogP contribution in [0.1, 0.15) is 23.4 Å². The molecule has 1 aromatic carbocycles. The summed E-state index contributed by atoms with van der Waals surface area (Å²) in [5, 5.41) is 5.15. The Hall–Kier alpha value is -1.52. The first-order valence-corrected chi connectivity index (χ1v) is 7.11. The zero-order valence-electron chi connectivity index (χ0n) is 11.9. The third-order valence-electron chi connectivity index (χ3n) is 3.21. The van der Waals surface area contributed by atoms with Crippen LogP contribution in [0.2, 0.25) is 5.02 Å². The molecule has 0 aliphatic heterocycles. The maximum atomic E-state index is 6.11. The molecule has 0 atom stereocenters. The number of nitrogens with zero attached hydrogens (tertiary/aromatic N) is 2. The highest BCUT2D eigenvalue weighted by atomic mass is 35.5. The highest BCUT2D eigenvalue weighted by Crippen LogP contribution is 2.19. The highest BCUT2D eigenvalue weighted by Gasteiger charge is 2.08. The van der Waals surface area contributed by atoms with E-state index in [0.717, 1.165) is 40.7 Å². The molecule has 2 aromatic rings. The van der Waals surface area contributed by atoms with Crippen molar-refractivity contribution in [2.45, 2.75) is 33.4 Å². The fraction of sp³-hybridized carbons (Fsp3) is 0.400. The molecule has 0 bridgehead atoms. The van der Waals surface area contributed by atoms with Crippen LogP contribution >= 0.6 is 11.6 Å². The van der Waals surface area contributed by atoms with Gasteiger partial charge in [0.1, 0.15) is 5.75 Å². The second kappa shape index (κ2) is 6.77. The van der Waals surface area contributed by atoms with Gasteiger partial charge < -0.3 is 10.5 Å². The topological polar surface area (TPSA) is 53.1 Å². The predicted octanol–water partition coefficient (Wildman–Crippen LogP) is 3.08. The molecule has 0 aliphatic carbocycles. The van der Waals surface area contributed by atoms with Crippen molar-refractivity contribution in [1.29, 1.82) is 0 Å². The van der Waals surface area contributed by atoms with E-state index in [1.165, 1.54) is 0 Å². The number of aromatic nitrogens is 2. The lowest BCUT2D eigenvalue weighted by molar-refractivity contribution is 0.297. The van der Waals surface area contributed by atoms with E-state index < -0.39 is 0 Å². The van der Waals surface area contributed by atoms with Crippen LogP contribution in [0.5, 0.6) is 5.75 Å². The third-order valence-corrected chi connectivity index (χ3v) is 3.76. The molecule has 20 heavy (non-hydrogen) atoms. The maximum absolute atomic E-state index is 6.11. The first-order valence-electron chi connectivity index (χ1n) is 6.73. The van der Waals surface area contributed by atoms with Crippen molar-refractivity contribution < 1.29 is 4.74 Å². The summed E-state index contributed by atoms with van der Waals surface area (Å²) in [6.07, 6.45) is 0.880. The lowest BCUT2D eigenvalue weighted by Gasteiger charge is -2.08. The van der Waals surface area contributed by atoms with E-state index in [1.54, 1.807) is 0 Å². The van der Waals surface area contributed by atoms with Crippen LogP contribution in [0, 0.1) is 13.8 Å². The SMILES string of the molecule is Cc1nn(CCCOc2cccc(CN)c2)c(C)c1Cl. The molecule has 0 spiro atoms. The quantitative estimate of drug-likeness (QED) is 0.833. The first-order chi connectivity index (χ1) is 9.61. The van der Waals surface area contributed by atoms with Gasteiger partial charge in [-0.15, -0.1) is 0 Å². The van der Waals surface area contributed by atoms with Crippen LogP contribution in [0.15, 0.2) is 24.3 Å². The second-order valence-corrected chi connectivity index (χ2v) is 5.14. The molecule has 2 rings (SSSR count). The molecule has 0 unspecified atom stereocenters. The van der Waals surface area contributed by atoms with Crippen LogP contribution < -0.4 is 10.5 Å². The first kappa shape index (κ1) is 14.9. The van der Waals surface area contributed by atoms with Gasteiger partial charge in [-0.1, -0.05) is 23.7 Å². The molecular formula is C15H20ClN3O. The minimum Gasteiger partial charge on any atom is -0.494 e. The Morgan fingerprint density at radius 1 is 1.35 bits per heavy atom. The summed E-state index contributed by atoms with van der Waals surface area (Å²) in [5.41, 5.74) is 8.56. The lowest BCUT2D eigenvalue weighted by atomic mass is 10.2. The van der Waals surface area contributed by atoms with Gasteiger partial charge in [0, 0.05) is 19.5 Å². The monoisotopic (exact) mass is 293 g/mol. The lowest BCUT2D eigenvalue weighted by Crippen LogP contribution is -2.07. The Morgan fingerprint density at radius 2 is 2.15 bits per heavy atom. The molecular weight excluding hydrogens is 274 g/mol. The van der Waals surface area contributed by atoms with Gasteiger partial charge >= 0.3 is 0 Å². The number of nitrogens with two attached hydrogens (primary N) is 1. The van der Waals surface area contributed by atoms with Crippen molar-refractivity contribution >= 4 is 11.6 Å². The number of hydrogen-bond acceptors (Lipinski definition) is 3. The number of rotatable bonds is 6. The van der Waals surface area contributed by atoms with Gasteiger partial charge in [0.15, 0.2) is 0 Å². The fourth-order valence-corrected chi connectivity index (χ4v) is 2.19. The molecule has 0 amide bonds. The number of hydrogen-bond donors (Lipinski definition) is 1. The Morgan fingerprint density at radius 3 is 2.80 bits per heavy atom. The summed E-state index contributed by atoms with van der Waals surface area (Å²) >= 11 is 6.11. The van der Waals surface area contributed by atoms with Crippen molar-refractivity contribution in [3.05, 3.63) is 46.2 Å². The summed E-state index contributed by atoms with van der Waals surface area (Å²) in [4.78, 5) is 0. The zero-order chi connectivity index (χ0) is 14.5. The van der Waals surface area contributed by atoms with E-state index in [0.29, 0.717) is 13.2 Å². The molecule has 0 saturated heterocycles. The van der Waals surface area contributed by atoms with E-state index in [-0.39, 0.29) is 0 Å². The summed E-state index contributed by atoms with van der Waals surface area (Å²) in [6.45, 7) is 5.87. The van der Waals surface area contributed by atoms with Crippen LogP contribution in [0.3, 0.4) is 0 Å². The minimum atomic E-state index is 0.529. The average molecular weight is 294 g/mol. The molecule has 5 heteroatoms. The van der Waals surface area contributed by atoms with E-state index in [1.807, 2.05) is 42.8 Å². The summed E-state index contributed by atoms with van der Waals surface area (Å²) in [6, 6.07) is 7.86. The van der Waals surface area contributed by atoms with Crippen LogP contribution in [0.25, 0.3) is 0 Å². The highest BCUT2D eigenvalue weighted by molar-refractivity contribution is 6.31. The van der Waals surface area contributed by atoms with Crippen molar-refractivity contribution in [3.8, 4) is 5.75 Å². The van der Waals surface area contributed by atoms with E-state index in [9.17, 15) is 0 Å². The third kappa shape index (κ3) is 3.52. The van der Waals surface area contributed by atoms with Crippen molar-refractivity contribution in [3.63, 3.8) is 0 Å². The van der Waals surface area contributed by atoms with Crippen LogP contribution in [-0.2, 0) is 13.1 Å². The average Bonchev–Trinajstić information content (AvgIpc) is 2.71. The van der Waals surface area contributed by atoms with Gasteiger partial charge in [-0.2, -0.15) is 5.10 Å². The second-order valence-electron chi connectivity index (χ2n) is 4.76. The summed E-state index contributed by atoms with van der Waals surface area (Å²) in [5.74, 6) is 0.861.